The van der Waals surface area contributed by atoms with Crippen LogP contribution in [0.2, 0.25) is 5.02 Å². The SMILES string of the molecule is Cc1c(CN(CCc2ccc(Cl)cc2)C2CCN(C(=O)c3c(F)cccc3F)CC2)c(=O)n(-c2ccc(C=N)cc2)n1C. The van der Waals surface area contributed by atoms with Crippen LogP contribution in [0, 0.1) is 24.0 Å². The maximum atomic E-state index is 14.3. The molecule has 1 fully saturated rings. The summed E-state index contributed by atoms with van der Waals surface area (Å²) >= 11 is 6.09. The Bertz CT molecular complexity index is 1650. The molecular weight excluding hydrogens is 572 g/mol. The molecule has 0 bridgehead atoms. The first-order valence-electron chi connectivity index (χ1n) is 14.3. The van der Waals surface area contributed by atoms with Crippen LogP contribution in [0.4, 0.5) is 8.78 Å². The minimum absolute atomic E-state index is 0.0566. The molecule has 43 heavy (non-hydrogen) atoms. The zero-order valence-electron chi connectivity index (χ0n) is 24.2. The Kier molecular flexibility index (Phi) is 9.22. The Hall–Kier alpha value is -4.08. The molecule has 1 saturated heterocycles. The molecule has 224 valence electrons. The highest BCUT2D eigenvalue weighted by Gasteiger charge is 2.31. The van der Waals surface area contributed by atoms with Crippen LogP contribution in [0.15, 0.2) is 71.5 Å². The van der Waals surface area contributed by atoms with Crippen LogP contribution in [-0.4, -0.2) is 57.0 Å². The van der Waals surface area contributed by atoms with E-state index in [1.807, 2.05) is 55.1 Å². The van der Waals surface area contributed by atoms with Gasteiger partial charge in [0.1, 0.15) is 17.2 Å². The number of benzene rings is 3. The van der Waals surface area contributed by atoms with E-state index in [1.54, 1.807) is 16.8 Å². The molecule has 1 N–H and O–H groups in total. The van der Waals surface area contributed by atoms with Gasteiger partial charge in [-0.3, -0.25) is 19.2 Å². The molecule has 2 heterocycles. The smallest absolute Gasteiger partial charge is 0.276 e. The van der Waals surface area contributed by atoms with Crippen molar-refractivity contribution in [2.75, 3.05) is 19.6 Å². The number of amides is 1. The fraction of sp³-hybridized carbons (Fsp3) is 0.303. The molecule has 0 spiro atoms. The van der Waals surface area contributed by atoms with Crippen LogP contribution >= 0.6 is 11.6 Å². The third-order valence-electron chi connectivity index (χ3n) is 8.38. The number of hydrogen-bond donors (Lipinski definition) is 1. The fourth-order valence-corrected chi connectivity index (χ4v) is 5.89. The van der Waals surface area contributed by atoms with Crippen LogP contribution < -0.4 is 5.56 Å². The molecule has 3 aromatic carbocycles. The normalized spacial score (nSPS) is 14.0. The number of nitrogens with zero attached hydrogens (tertiary/aromatic N) is 4. The van der Waals surface area contributed by atoms with Crippen molar-refractivity contribution in [2.45, 2.75) is 38.8 Å². The first kappa shape index (κ1) is 30.4. The second-order valence-electron chi connectivity index (χ2n) is 10.9. The molecule has 0 unspecified atom stereocenters. The number of carbonyl (C=O) groups excluding carboxylic acids is 1. The zero-order valence-corrected chi connectivity index (χ0v) is 25.0. The summed E-state index contributed by atoms with van der Waals surface area (Å²) in [6, 6.07) is 18.5. The van der Waals surface area contributed by atoms with Crippen molar-refractivity contribution >= 4 is 23.7 Å². The van der Waals surface area contributed by atoms with E-state index in [0.717, 1.165) is 35.4 Å². The van der Waals surface area contributed by atoms with E-state index < -0.39 is 23.1 Å². The molecule has 0 aliphatic carbocycles. The van der Waals surface area contributed by atoms with Crippen LogP contribution in [-0.2, 0) is 20.0 Å². The molecule has 0 saturated carbocycles. The number of piperidine rings is 1. The van der Waals surface area contributed by atoms with Crippen molar-refractivity contribution in [1.82, 2.24) is 19.2 Å². The van der Waals surface area contributed by atoms with Crippen molar-refractivity contribution in [3.05, 3.63) is 122 Å². The number of likely N-dealkylation sites (tertiary alicyclic amines) is 1. The van der Waals surface area contributed by atoms with Gasteiger partial charge in [0.05, 0.1) is 11.3 Å². The minimum atomic E-state index is -0.861. The molecule has 1 aliphatic rings. The summed E-state index contributed by atoms with van der Waals surface area (Å²) in [4.78, 5) is 30.6. The van der Waals surface area contributed by atoms with Crippen LogP contribution in [0.25, 0.3) is 5.69 Å². The lowest BCUT2D eigenvalue weighted by molar-refractivity contribution is 0.0599. The maximum absolute atomic E-state index is 14.3. The second-order valence-corrected chi connectivity index (χ2v) is 11.3. The largest absolute Gasteiger partial charge is 0.338 e. The fourth-order valence-electron chi connectivity index (χ4n) is 5.76. The van der Waals surface area contributed by atoms with Gasteiger partial charge in [-0.25, -0.2) is 13.5 Å². The molecule has 1 aliphatic heterocycles. The van der Waals surface area contributed by atoms with Gasteiger partial charge >= 0.3 is 0 Å². The molecule has 10 heteroatoms. The Morgan fingerprint density at radius 3 is 2.26 bits per heavy atom. The number of aromatic nitrogens is 2. The second kappa shape index (κ2) is 13.1. The van der Waals surface area contributed by atoms with Crippen LogP contribution in [0.1, 0.15) is 45.6 Å². The molecule has 1 amide bonds. The van der Waals surface area contributed by atoms with Gasteiger partial charge in [0.25, 0.3) is 11.5 Å². The van der Waals surface area contributed by atoms with Gasteiger partial charge in [0.15, 0.2) is 0 Å². The number of rotatable bonds is 9. The Morgan fingerprint density at radius 1 is 1.02 bits per heavy atom. The number of hydrogen-bond acceptors (Lipinski definition) is 4. The highest BCUT2D eigenvalue weighted by molar-refractivity contribution is 6.30. The van der Waals surface area contributed by atoms with Gasteiger partial charge in [-0.15, -0.1) is 0 Å². The maximum Gasteiger partial charge on any atom is 0.276 e. The van der Waals surface area contributed by atoms with Gasteiger partial charge in [-0.05, 0) is 73.7 Å². The zero-order chi connectivity index (χ0) is 30.7. The van der Waals surface area contributed by atoms with Crippen molar-refractivity contribution in [1.29, 1.82) is 5.41 Å². The predicted octanol–water partition coefficient (Wildman–Crippen LogP) is 5.76. The molecule has 0 atom stereocenters. The predicted molar refractivity (Wildman–Crippen MR) is 164 cm³/mol. The van der Waals surface area contributed by atoms with E-state index >= 15 is 0 Å². The van der Waals surface area contributed by atoms with Gasteiger partial charge in [-0.1, -0.05) is 41.9 Å². The lowest BCUT2D eigenvalue weighted by Gasteiger charge is -2.38. The Balaban J connectivity index is 1.38. The van der Waals surface area contributed by atoms with Crippen molar-refractivity contribution in [3.63, 3.8) is 0 Å². The van der Waals surface area contributed by atoms with Crippen molar-refractivity contribution in [2.24, 2.45) is 7.05 Å². The van der Waals surface area contributed by atoms with E-state index in [9.17, 15) is 18.4 Å². The summed E-state index contributed by atoms with van der Waals surface area (Å²) in [7, 11) is 1.86. The lowest BCUT2D eigenvalue weighted by Crippen LogP contribution is -2.47. The van der Waals surface area contributed by atoms with E-state index in [-0.39, 0.29) is 11.6 Å². The Morgan fingerprint density at radius 2 is 1.65 bits per heavy atom. The van der Waals surface area contributed by atoms with Gasteiger partial charge in [0, 0.05) is 56.2 Å². The topological polar surface area (TPSA) is 74.3 Å². The van der Waals surface area contributed by atoms with Crippen LogP contribution in [0.5, 0.6) is 0 Å². The average molecular weight is 606 g/mol. The molecule has 7 nitrogen and oxygen atoms in total. The number of halogens is 3. The quantitative estimate of drug-likeness (QED) is 0.247. The first-order chi connectivity index (χ1) is 20.7. The summed E-state index contributed by atoms with van der Waals surface area (Å²) in [6.45, 7) is 3.72. The first-order valence-corrected chi connectivity index (χ1v) is 14.7. The van der Waals surface area contributed by atoms with Crippen molar-refractivity contribution in [3.8, 4) is 5.69 Å². The monoisotopic (exact) mass is 605 g/mol. The minimum Gasteiger partial charge on any atom is -0.338 e. The highest BCUT2D eigenvalue weighted by atomic mass is 35.5. The summed E-state index contributed by atoms with van der Waals surface area (Å²) in [5, 5.41) is 8.13. The van der Waals surface area contributed by atoms with E-state index in [0.29, 0.717) is 55.3 Å². The summed E-state index contributed by atoms with van der Waals surface area (Å²) in [5.74, 6) is -2.36. The summed E-state index contributed by atoms with van der Waals surface area (Å²) in [6.07, 6.45) is 3.21. The molecule has 4 aromatic rings. The van der Waals surface area contributed by atoms with Crippen LogP contribution in [0.3, 0.4) is 0 Å². The molecule has 5 rings (SSSR count). The van der Waals surface area contributed by atoms with Gasteiger partial charge in [0.2, 0.25) is 0 Å². The third kappa shape index (κ3) is 6.48. The summed E-state index contributed by atoms with van der Waals surface area (Å²) < 4.78 is 32.1. The van der Waals surface area contributed by atoms with E-state index in [4.69, 9.17) is 17.0 Å². The lowest BCUT2D eigenvalue weighted by atomic mass is 10.00. The molecular formula is C33H34ClF2N5O2. The third-order valence-corrected chi connectivity index (χ3v) is 8.64. The van der Waals surface area contributed by atoms with Crippen molar-refractivity contribution < 1.29 is 13.6 Å². The Labute approximate surface area is 254 Å². The average Bonchev–Trinajstić information content (AvgIpc) is 3.22. The van der Waals surface area contributed by atoms with E-state index in [1.165, 1.54) is 17.2 Å². The van der Waals surface area contributed by atoms with E-state index in [2.05, 4.69) is 4.90 Å². The summed E-state index contributed by atoms with van der Waals surface area (Å²) in [5.41, 5.74) is 3.48. The number of nitrogens with one attached hydrogen (secondary N) is 1. The number of carbonyl (C=O) groups is 1. The molecule has 0 radical (unpaired) electrons. The standard InChI is InChI=1S/C33H34ClF2N5O2/c1-22-28(32(42)41(38(22)2)27-12-8-24(20-37)9-13-27)21-40(17-14-23-6-10-25(34)11-7-23)26-15-18-39(19-16-26)33(43)31-29(35)4-3-5-30(31)36/h3-13,20,26,37H,14-19,21H2,1-2H3. The highest BCUT2D eigenvalue weighted by Crippen LogP contribution is 2.24. The van der Waals surface area contributed by atoms with Gasteiger partial charge < -0.3 is 10.3 Å². The van der Waals surface area contributed by atoms with Gasteiger partial charge in [-0.2, -0.15) is 0 Å². The molecule has 1 aromatic heterocycles.